The number of carbonyl (C=O) groups excluding carboxylic acids is 1. The monoisotopic (exact) mass is 290 g/mol. The number of rotatable bonds is 6. The topological polar surface area (TPSA) is 64.3 Å². The zero-order valence-electron chi connectivity index (χ0n) is 13.2. The second kappa shape index (κ2) is 6.94. The van der Waals surface area contributed by atoms with Gasteiger partial charge in [0.05, 0.1) is 0 Å². The van der Waals surface area contributed by atoms with E-state index in [4.69, 9.17) is 10.5 Å². The highest BCUT2D eigenvalue weighted by molar-refractivity contribution is 5.81. The summed E-state index contributed by atoms with van der Waals surface area (Å²) in [6.07, 6.45) is 3.25. The quantitative estimate of drug-likeness (QED) is 0.846. The van der Waals surface area contributed by atoms with Gasteiger partial charge in [-0.3, -0.25) is 4.79 Å². The van der Waals surface area contributed by atoms with Gasteiger partial charge in [-0.25, -0.2) is 0 Å². The summed E-state index contributed by atoms with van der Waals surface area (Å²) in [4.78, 5) is 12.2. The fraction of sp³-hybridized carbons (Fsp3) is 0.588. The molecule has 3 N–H and O–H groups in total. The molecule has 2 unspecified atom stereocenters. The van der Waals surface area contributed by atoms with E-state index in [2.05, 4.69) is 25.2 Å². The van der Waals surface area contributed by atoms with Crippen molar-refractivity contribution in [1.82, 2.24) is 5.32 Å². The van der Waals surface area contributed by atoms with Crippen LogP contribution < -0.4 is 15.8 Å². The van der Waals surface area contributed by atoms with Crippen molar-refractivity contribution in [2.75, 3.05) is 0 Å². The summed E-state index contributed by atoms with van der Waals surface area (Å²) >= 11 is 0. The Morgan fingerprint density at radius 3 is 2.81 bits per heavy atom. The van der Waals surface area contributed by atoms with Gasteiger partial charge in [0.25, 0.3) is 5.91 Å². The lowest BCUT2D eigenvalue weighted by Gasteiger charge is -2.20. The van der Waals surface area contributed by atoms with Crippen LogP contribution in [0.4, 0.5) is 0 Å². The van der Waals surface area contributed by atoms with Crippen LogP contribution in [0.25, 0.3) is 0 Å². The molecule has 21 heavy (non-hydrogen) atoms. The molecule has 0 spiro atoms. The molecular formula is C17H26N2O2. The first-order valence-corrected chi connectivity index (χ1v) is 7.91. The molecule has 4 nitrogen and oxygen atoms in total. The van der Waals surface area contributed by atoms with Crippen LogP contribution in [0.5, 0.6) is 5.75 Å². The molecule has 0 radical (unpaired) electrons. The van der Waals surface area contributed by atoms with Gasteiger partial charge in [-0.2, -0.15) is 0 Å². The fourth-order valence-corrected chi connectivity index (χ4v) is 2.82. The number of nitrogens with one attached hydrogen (secondary N) is 1. The standard InChI is InChI=1S/C17H26N2O2/c1-4-12(5-2)19-17(20)11(3)21-16-8-6-7-13-14(16)9-10-15(13)18/h6-8,11-12,15H,4-5,9-10,18H2,1-3H3,(H,19,20). The lowest BCUT2D eigenvalue weighted by atomic mass is 10.1. The molecule has 1 aromatic rings. The number of fused-ring (bicyclic) bond motifs is 1. The lowest BCUT2D eigenvalue weighted by molar-refractivity contribution is -0.128. The number of ether oxygens (including phenoxy) is 1. The van der Waals surface area contributed by atoms with Crippen LogP contribution in [-0.2, 0) is 11.2 Å². The summed E-state index contributed by atoms with van der Waals surface area (Å²) in [7, 11) is 0. The third-order valence-electron chi connectivity index (χ3n) is 4.28. The summed E-state index contributed by atoms with van der Waals surface area (Å²) in [5.41, 5.74) is 8.39. The van der Waals surface area contributed by atoms with E-state index in [9.17, 15) is 4.79 Å². The second-order valence-electron chi connectivity index (χ2n) is 5.75. The highest BCUT2D eigenvalue weighted by Crippen LogP contribution is 2.35. The predicted octanol–water partition coefficient (Wildman–Crippen LogP) is 2.70. The Labute approximate surface area is 127 Å². The molecule has 0 bridgehead atoms. The highest BCUT2D eigenvalue weighted by atomic mass is 16.5. The molecule has 0 heterocycles. The Hall–Kier alpha value is -1.55. The molecule has 0 aromatic heterocycles. The summed E-state index contributed by atoms with van der Waals surface area (Å²) < 4.78 is 5.89. The Morgan fingerprint density at radius 2 is 2.14 bits per heavy atom. The SMILES string of the molecule is CCC(CC)NC(=O)C(C)Oc1cccc2c1CCC2N. The molecule has 0 saturated heterocycles. The predicted molar refractivity (Wildman–Crippen MR) is 84.3 cm³/mol. The first kappa shape index (κ1) is 15.8. The molecule has 0 saturated carbocycles. The van der Waals surface area contributed by atoms with Crippen molar-refractivity contribution < 1.29 is 9.53 Å². The highest BCUT2D eigenvalue weighted by Gasteiger charge is 2.24. The number of nitrogens with two attached hydrogens (primary N) is 1. The largest absolute Gasteiger partial charge is 0.481 e. The van der Waals surface area contributed by atoms with Crippen molar-refractivity contribution in [3.8, 4) is 5.75 Å². The number of hydrogen-bond donors (Lipinski definition) is 2. The van der Waals surface area contributed by atoms with Crippen molar-refractivity contribution in [3.63, 3.8) is 0 Å². The zero-order chi connectivity index (χ0) is 15.4. The van der Waals surface area contributed by atoms with Gasteiger partial charge in [0.15, 0.2) is 6.10 Å². The minimum atomic E-state index is -0.492. The van der Waals surface area contributed by atoms with Crippen LogP contribution in [0, 0.1) is 0 Å². The molecule has 1 aromatic carbocycles. The van der Waals surface area contributed by atoms with Gasteiger partial charge >= 0.3 is 0 Å². The first-order valence-electron chi connectivity index (χ1n) is 7.91. The molecule has 1 amide bonds. The average Bonchev–Trinajstić information content (AvgIpc) is 2.87. The van der Waals surface area contributed by atoms with E-state index in [0.717, 1.165) is 42.6 Å². The van der Waals surface area contributed by atoms with Crippen molar-refractivity contribution >= 4 is 5.91 Å². The molecule has 0 aliphatic heterocycles. The van der Waals surface area contributed by atoms with Crippen molar-refractivity contribution in [2.45, 2.75) is 64.6 Å². The molecule has 1 aliphatic rings. The van der Waals surface area contributed by atoms with Crippen LogP contribution in [0.3, 0.4) is 0 Å². The van der Waals surface area contributed by atoms with E-state index in [0.29, 0.717) is 0 Å². The minimum Gasteiger partial charge on any atom is -0.481 e. The van der Waals surface area contributed by atoms with Gasteiger partial charge in [-0.1, -0.05) is 26.0 Å². The van der Waals surface area contributed by atoms with E-state index in [-0.39, 0.29) is 18.0 Å². The Bertz CT molecular complexity index is 498. The summed E-state index contributed by atoms with van der Waals surface area (Å²) in [5, 5.41) is 3.02. The molecule has 2 atom stereocenters. The summed E-state index contributed by atoms with van der Waals surface area (Å²) in [6, 6.07) is 6.24. The minimum absolute atomic E-state index is 0.0522. The zero-order valence-corrected chi connectivity index (χ0v) is 13.2. The average molecular weight is 290 g/mol. The van der Waals surface area contributed by atoms with E-state index in [1.165, 1.54) is 0 Å². The maximum absolute atomic E-state index is 12.2. The molecule has 2 rings (SSSR count). The van der Waals surface area contributed by atoms with E-state index in [1.807, 2.05) is 12.1 Å². The Kier molecular flexibility index (Phi) is 5.23. The third-order valence-corrected chi connectivity index (χ3v) is 4.28. The smallest absolute Gasteiger partial charge is 0.260 e. The van der Waals surface area contributed by atoms with Crippen molar-refractivity contribution in [1.29, 1.82) is 0 Å². The lowest BCUT2D eigenvalue weighted by Crippen LogP contribution is -2.42. The van der Waals surface area contributed by atoms with Gasteiger partial charge < -0.3 is 15.8 Å². The van der Waals surface area contributed by atoms with E-state index >= 15 is 0 Å². The number of amides is 1. The molecule has 4 heteroatoms. The third kappa shape index (κ3) is 3.56. The molecule has 1 aliphatic carbocycles. The van der Waals surface area contributed by atoms with Crippen LogP contribution in [0.1, 0.15) is 57.2 Å². The summed E-state index contributed by atoms with van der Waals surface area (Å²) in [5.74, 6) is 0.747. The van der Waals surface area contributed by atoms with Gasteiger partial charge in [-0.05, 0) is 49.8 Å². The Morgan fingerprint density at radius 1 is 1.43 bits per heavy atom. The van der Waals surface area contributed by atoms with Crippen molar-refractivity contribution in [3.05, 3.63) is 29.3 Å². The van der Waals surface area contributed by atoms with Gasteiger partial charge in [0.2, 0.25) is 0 Å². The fourth-order valence-electron chi connectivity index (χ4n) is 2.82. The summed E-state index contributed by atoms with van der Waals surface area (Å²) in [6.45, 7) is 5.95. The van der Waals surface area contributed by atoms with Crippen LogP contribution in [0.15, 0.2) is 18.2 Å². The Balaban J connectivity index is 2.03. The van der Waals surface area contributed by atoms with Gasteiger partial charge in [0.1, 0.15) is 5.75 Å². The van der Waals surface area contributed by atoms with Crippen LogP contribution in [0.2, 0.25) is 0 Å². The maximum Gasteiger partial charge on any atom is 0.260 e. The number of hydrogen-bond acceptors (Lipinski definition) is 3. The number of carbonyl (C=O) groups is 1. The molecular weight excluding hydrogens is 264 g/mol. The molecule has 116 valence electrons. The van der Waals surface area contributed by atoms with Crippen LogP contribution >= 0.6 is 0 Å². The van der Waals surface area contributed by atoms with E-state index in [1.54, 1.807) is 6.92 Å². The second-order valence-corrected chi connectivity index (χ2v) is 5.75. The first-order chi connectivity index (χ1) is 10.1. The van der Waals surface area contributed by atoms with Gasteiger partial charge in [-0.15, -0.1) is 0 Å². The normalized spacial score (nSPS) is 18.4. The number of benzene rings is 1. The van der Waals surface area contributed by atoms with Crippen LogP contribution in [-0.4, -0.2) is 18.1 Å². The van der Waals surface area contributed by atoms with E-state index < -0.39 is 6.10 Å². The van der Waals surface area contributed by atoms with Crippen molar-refractivity contribution in [2.24, 2.45) is 5.73 Å². The van der Waals surface area contributed by atoms with Gasteiger partial charge in [0, 0.05) is 12.1 Å². The maximum atomic E-state index is 12.2. The molecule has 0 fully saturated rings.